The van der Waals surface area contributed by atoms with E-state index >= 15 is 0 Å². The third-order valence-electron chi connectivity index (χ3n) is 6.95. The van der Waals surface area contributed by atoms with Crippen LogP contribution < -0.4 is 0 Å². The van der Waals surface area contributed by atoms with Gasteiger partial charge in [0.1, 0.15) is 11.5 Å². The summed E-state index contributed by atoms with van der Waals surface area (Å²) in [6.07, 6.45) is 2.10. The Bertz CT molecular complexity index is 2120. The van der Waals surface area contributed by atoms with E-state index in [9.17, 15) is 0 Å². The normalized spacial score (nSPS) is 11.7. The van der Waals surface area contributed by atoms with E-state index in [4.69, 9.17) is 19.9 Å². The lowest BCUT2D eigenvalue weighted by Crippen LogP contribution is -2.05. The molecule has 38 heavy (non-hydrogen) atoms. The van der Waals surface area contributed by atoms with Gasteiger partial charge in [-0.2, -0.15) is 0 Å². The minimum atomic E-state index is 0.577. The van der Waals surface area contributed by atoms with Gasteiger partial charge in [0.25, 0.3) is 0 Å². The molecule has 0 saturated carbocycles. The van der Waals surface area contributed by atoms with Gasteiger partial charge in [-0.1, -0.05) is 91.0 Å². The molecule has 0 aliphatic carbocycles. The number of benzene rings is 4. The molecule has 4 aromatic carbocycles. The van der Waals surface area contributed by atoms with Crippen LogP contribution in [0.2, 0.25) is 0 Å². The van der Waals surface area contributed by atoms with Gasteiger partial charge in [-0.25, -0.2) is 19.9 Å². The van der Waals surface area contributed by atoms with E-state index in [0.717, 1.165) is 61.3 Å². The lowest BCUT2D eigenvalue weighted by Gasteiger charge is -2.12. The maximum absolute atomic E-state index is 5.17. The molecule has 0 unspecified atom stereocenters. The highest BCUT2D eigenvalue weighted by Gasteiger charge is 2.20. The number of aromatic nitrogens is 6. The summed E-state index contributed by atoms with van der Waals surface area (Å²) in [4.78, 5) is 20.1. The van der Waals surface area contributed by atoms with Gasteiger partial charge in [0, 0.05) is 28.8 Å². The van der Waals surface area contributed by atoms with Crippen molar-refractivity contribution in [1.29, 1.82) is 0 Å². The van der Waals surface area contributed by atoms with Gasteiger partial charge in [0.2, 0.25) is 5.95 Å². The van der Waals surface area contributed by atoms with E-state index in [2.05, 4.69) is 51.6 Å². The Balaban J connectivity index is 1.50. The molecule has 0 amide bonds. The molecule has 0 radical (unpaired) electrons. The molecule has 0 aliphatic heterocycles. The highest BCUT2D eigenvalue weighted by molar-refractivity contribution is 5.94. The Hall–Kier alpha value is -5.36. The second-order valence-corrected chi connectivity index (χ2v) is 9.26. The highest BCUT2D eigenvalue weighted by Crippen LogP contribution is 2.32. The zero-order valence-corrected chi connectivity index (χ0v) is 20.2. The first-order valence-corrected chi connectivity index (χ1v) is 12.5. The molecular formula is C32H20N6. The van der Waals surface area contributed by atoms with Crippen LogP contribution in [0.4, 0.5) is 0 Å². The first kappa shape index (κ1) is 20.8. The van der Waals surface area contributed by atoms with Crippen LogP contribution in [0.3, 0.4) is 0 Å². The largest absolute Gasteiger partial charge is 0.297 e. The van der Waals surface area contributed by atoms with Crippen molar-refractivity contribution in [2.75, 3.05) is 0 Å². The van der Waals surface area contributed by atoms with E-state index in [0.29, 0.717) is 5.95 Å². The van der Waals surface area contributed by atoms with Crippen LogP contribution in [-0.2, 0) is 0 Å². The van der Waals surface area contributed by atoms with Crippen LogP contribution in [0.25, 0.3) is 67.2 Å². The zero-order chi connectivity index (χ0) is 25.1. The third kappa shape index (κ3) is 3.14. The molecule has 8 aromatic rings. The number of para-hydroxylation sites is 3. The molecule has 0 N–H and O–H groups in total. The SMILES string of the molecule is c1ccc(-c2nc(-n3c(-c4ccccc4)nc4cc5nc6ccccc6n5cc43)nc3ccccc23)cc1. The molecular weight excluding hydrogens is 468 g/mol. The molecule has 0 atom stereocenters. The minimum Gasteiger partial charge on any atom is -0.297 e. The molecule has 0 bridgehead atoms. The van der Waals surface area contributed by atoms with E-state index < -0.39 is 0 Å². The Morgan fingerprint density at radius 3 is 2.00 bits per heavy atom. The van der Waals surface area contributed by atoms with Crippen molar-refractivity contribution in [2.24, 2.45) is 0 Å². The fourth-order valence-electron chi connectivity index (χ4n) is 5.19. The first-order chi connectivity index (χ1) is 18.8. The zero-order valence-electron chi connectivity index (χ0n) is 20.2. The van der Waals surface area contributed by atoms with Crippen molar-refractivity contribution >= 4 is 38.6 Å². The Morgan fingerprint density at radius 2 is 1.18 bits per heavy atom. The number of fused-ring (bicyclic) bond motifs is 5. The van der Waals surface area contributed by atoms with Crippen LogP contribution in [0.5, 0.6) is 0 Å². The molecule has 0 spiro atoms. The first-order valence-electron chi connectivity index (χ1n) is 12.5. The van der Waals surface area contributed by atoms with E-state index in [-0.39, 0.29) is 0 Å². The predicted molar refractivity (Wildman–Crippen MR) is 151 cm³/mol. The summed E-state index contributed by atoms with van der Waals surface area (Å²) in [7, 11) is 0. The predicted octanol–water partition coefficient (Wildman–Crippen LogP) is 7.10. The molecule has 0 aliphatic rings. The monoisotopic (exact) mass is 488 g/mol. The number of hydrogen-bond acceptors (Lipinski definition) is 4. The third-order valence-corrected chi connectivity index (χ3v) is 6.95. The highest BCUT2D eigenvalue weighted by atomic mass is 15.2. The summed E-state index contributed by atoms with van der Waals surface area (Å²) in [5.41, 5.74) is 8.40. The standard InChI is InChI=1S/C32H20N6/c1-3-11-21(12-4-1)30-23-15-7-8-16-24(23)35-32(36-30)38-28-20-37-27-18-10-9-17-25(27)33-29(37)19-26(28)34-31(38)22-13-5-2-6-14-22/h1-20H. The number of hydrogen-bond donors (Lipinski definition) is 0. The fourth-order valence-corrected chi connectivity index (χ4v) is 5.19. The average molecular weight is 489 g/mol. The van der Waals surface area contributed by atoms with Gasteiger partial charge >= 0.3 is 0 Å². The summed E-state index contributed by atoms with van der Waals surface area (Å²) < 4.78 is 4.18. The van der Waals surface area contributed by atoms with E-state index in [1.165, 1.54) is 0 Å². The smallest absolute Gasteiger partial charge is 0.237 e. The Kier molecular flexibility index (Phi) is 4.42. The van der Waals surface area contributed by atoms with Gasteiger partial charge < -0.3 is 0 Å². The van der Waals surface area contributed by atoms with Crippen molar-refractivity contribution in [3.8, 4) is 28.6 Å². The van der Waals surface area contributed by atoms with Gasteiger partial charge in [-0.3, -0.25) is 8.97 Å². The quantitative estimate of drug-likeness (QED) is 0.266. The molecule has 6 heteroatoms. The van der Waals surface area contributed by atoms with E-state index in [1.54, 1.807) is 0 Å². The lowest BCUT2D eigenvalue weighted by atomic mass is 10.1. The van der Waals surface area contributed by atoms with Crippen LogP contribution in [0.15, 0.2) is 121 Å². The topological polar surface area (TPSA) is 60.9 Å². The van der Waals surface area contributed by atoms with Gasteiger partial charge in [-0.05, 0) is 18.2 Å². The van der Waals surface area contributed by atoms with Gasteiger partial charge in [-0.15, -0.1) is 0 Å². The van der Waals surface area contributed by atoms with Gasteiger partial charge in [0.05, 0.1) is 33.3 Å². The van der Waals surface area contributed by atoms with Crippen molar-refractivity contribution in [2.45, 2.75) is 0 Å². The van der Waals surface area contributed by atoms with Crippen molar-refractivity contribution in [1.82, 2.24) is 28.9 Å². The summed E-state index contributed by atoms with van der Waals surface area (Å²) in [5.74, 6) is 1.36. The molecule has 6 nitrogen and oxygen atoms in total. The Morgan fingerprint density at radius 1 is 0.500 bits per heavy atom. The summed E-state index contributed by atoms with van der Waals surface area (Å²) in [6, 6.07) is 38.8. The molecule has 178 valence electrons. The summed E-state index contributed by atoms with van der Waals surface area (Å²) in [6.45, 7) is 0. The van der Waals surface area contributed by atoms with Crippen LogP contribution in [0.1, 0.15) is 0 Å². The number of imidazole rings is 2. The molecule has 8 rings (SSSR count). The second kappa shape index (κ2) is 8.08. The van der Waals surface area contributed by atoms with Gasteiger partial charge in [0.15, 0.2) is 0 Å². The van der Waals surface area contributed by atoms with Crippen LogP contribution in [-0.4, -0.2) is 28.9 Å². The lowest BCUT2D eigenvalue weighted by molar-refractivity contribution is 0.973. The summed E-state index contributed by atoms with van der Waals surface area (Å²) >= 11 is 0. The molecule has 0 fully saturated rings. The van der Waals surface area contributed by atoms with Crippen LogP contribution >= 0.6 is 0 Å². The minimum absolute atomic E-state index is 0.577. The fraction of sp³-hybridized carbons (Fsp3) is 0. The molecule has 4 heterocycles. The number of rotatable bonds is 3. The van der Waals surface area contributed by atoms with Crippen molar-refractivity contribution in [3.05, 3.63) is 121 Å². The van der Waals surface area contributed by atoms with Crippen molar-refractivity contribution < 1.29 is 0 Å². The molecule has 0 saturated heterocycles. The van der Waals surface area contributed by atoms with Crippen LogP contribution in [0, 0.1) is 0 Å². The average Bonchev–Trinajstić information content (AvgIpc) is 3.54. The van der Waals surface area contributed by atoms with E-state index in [1.807, 2.05) is 78.9 Å². The van der Waals surface area contributed by atoms with Crippen molar-refractivity contribution in [3.63, 3.8) is 0 Å². The number of nitrogens with zero attached hydrogens (tertiary/aromatic N) is 6. The summed E-state index contributed by atoms with van der Waals surface area (Å²) in [5, 5.41) is 1.01. The number of pyridine rings is 1. The molecule has 4 aromatic heterocycles. The maximum Gasteiger partial charge on any atom is 0.237 e. The second-order valence-electron chi connectivity index (χ2n) is 9.26. The Labute approximate surface area is 217 Å². The maximum atomic E-state index is 5.17.